The summed E-state index contributed by atoms with van der Waals surface area (Å²) in [5, 5.41) is 11.6. The van der Waals surface area contributed by atoms with Crippen molar-refractivity contribution in [3.8, 4) is 11.5 Å². The highest BCUT2D eigenvalue weighted by atomic mass is 35.5. The molecule has 2 aromatic carbocycles. The molecule has 0 radical (unpaired) electrons. The Morgan fingerprint density at radius 2 is 1.84 bits per heavy atom. The molecule has 0 aliphatic rings. The monoisotopic (exact) mass is 494 g/mol. The summed E-state index contributed by atoms with van der Waals surface area (Å²) in [6.45, 7) is 4.73. The zero-order valence-electron chi connectivity index (χ0n) is 17.6. The summed E-state index contributed by atoms with van der Waals surface area (Å²) >= 11 is 6.95. The molecule has 8 nitrogen and oxygen atoms in total. The van der Waals surface area contributed by atoms with Crippen molar-refractivity contribution in [2.24, 2.45) is 0 Å². The van der Waals surface area contributed by atoms with Crippen molar-refractivity contribution in [3.63, 3.8) is 0 Å². The zero-order valence-corrected chi connectivity index (χ0v) is 20.0. The third-order valence-corrected chi connectivity index (χ3v) is 7.68. The van der Waals surface area contributed by atoms with Crippen molar-refractivity contribution >= 4 is 39.3 Å². The third-order valence-electron chi connectivity index (χ3n) is 4.56. The Bertz CT molecular complexity index is 1160. The van der Waals surface area contributed by atoms with Crippen molar-refractivity contribution in [2.45, 2.75) is 30.5 Å². The molecule has 32 heavy (non-hydrogen) atoms. The minimum Gasteiger partial charge on any atom is -0.411 e. The largest absolute Gasteiger partial charge is 0.411 e. The van der Waals surface area contributed by atoms with Crippen LogP contribution in [0.4, 0.5) is 0 Å². The highest BCUT2D eigenvalue weighted by molar-refractivity contribution is 7.99. The lowest BCUT2D eigenvalue weighted by atomic mass is 10.2. The Labute approximate surface area is 196 Å². The number of rotatable bonds is 10. The van der Waals surface area contributed by atoms with Crippen LogP contribution in [0.1, 0.15) is 19.4 Å². The molecule has 1 aromatic heterocycles. The number of carbonyl (C=O) groups is 1. The first-order valence-electron chi connectivity index (χ1n) is 9.91. The van der Waals surface area contributed by atoms with Crippen LogP contribution >= 0.6 is 23.4 Å². The first-order chi connectivity index (χ1) is 15.3. The smallest absolute Gasteiger partial charge is 0.277 e. The second-order valence-corrected chi connectivity index (χ2v) is 9.98. The summed E-state index contributed by atoms with van der Waals surface area (Å²) in [6.07, 6.45) is 0. The molecular weight excluding hydrogens is 472 g/mol. The van der Waals surface area contributed by atoms with Gasteiger partial charge in [-0.15, -0.1) is 10.2 Å². The molecule has 0 spiro atoms. The summed E-state index contributed by atoms with van der Waals surface area (Å²) < 4.78 is 32.5. The van der Waals surface area contributed by atoms with E-state index >= 15 is 0 Å². The van der Waals surface area contributed by atoms with Gasteiger partial charge in [0.25, 0.3) is 5.22 Å². The van der Waals surface area contributed by atoms with Crippen molar-refractivity contribution in [2.75, 3.05) is 18.8 Å². The lowest BCUT2D eigenvalue weighted by molar-refractivity contribution is -0.118. The number of carbonyl (C=O) groups excluding carboxylic acids is 1. The van der Waals surface area contributed by atoms with Crippen LogP contribution in [0, 0.1) is 0 Å². The van der Waals surface area contributed by atoms with Crippen LogP contribution in [0.5, 0.6) is 0 Å². The van der Waals surface area contributed by atoms with E-state index < -0.39 is 10.0 Å². The van der Waals surface area contributed by atoms with Gasteiger partial charge in [0, 0.05) is 30.2 Å². The summed E-state index contributed by atoms with van der Waals surface area (Å²) in [7, 11) is -3.60. The molecule has 3 aromatic rings. The molecule has 1 amide bonds. The van der Waals surface area contributed by atoms with E-state index in [1.165, 1.54) is 16.4 Å². The quantitative estimate of drug-likeness (QED) is 0.427. The fourth-order valence-electron chi connectivity index (χ4n) is 2.87. The van der Waals surface area contributed by atoms with E-state index in [-0.39, 0.29) is 27.7 Å². The third kappa shape index (κ3) is 6.10. The van der Waals surface area contributed by atoms with Crippen molar-refractivity contribution in [1.82, 2.24) is 19.8 Å². The summed E-state index contributed by atoms with van der Waals surface area (Å²) in [5.41, 5.74) is 1.43. The number of hydrogen-bond acceptors (Lipinski definition) is 7. The van der Waals surface area contributed by atoms with Crippen molar-refractivity contribution in [1.29, 1.82) is 0 Å². The number of hydrogen-bond donors (Lipinski definition) is 1. The Morgan fingerprint density at radius 1 is 1.12 bits per heavy atom. The van der Waals surface area contributed by atoms with Gasteiger partial charge in [-0.3, -0.25) is 4.79 Å². The Kier molecular flexibility index (Phi) is 8.30. The van der Waals surface area contributed by atoms with Gasteiger partial charge >= 0.3 is 0 Å². The highest BCUT2D eigenvalue weighted by Crippen LogP contribution is 2.26. The van der Waals surface area contributed by atoms with Gasteiger partial charge in [-0.2, -0.15) is 4.31 Å². The van der Waals surface area contributed by atoms with Gasteiger partial charge < -0.3 is 9.73 Å². The minimum absolute atomic E-state index is 0.103. The predicted octanol–water partition coefficient (Wildman–Crippen LogP) is 3.83. The minimum atomic E-state index is -3.60. The average molecular weight is 495 g/mol. The molecule has 0 unspecified atom stereocenters. The van der Waals surface area contributed by atoms with Gasteiger partial charge in [-0.05, 0) is 35.9 Å². The maximum Gasteiger partial charge on any atom is 0.277 e. The van der Waals surface area contributed by atoms with Crippen molar-refractivity contribution < 1.29 is 17.6 Å². The van der Waals surface area contributed by atoms with Gasteiger partial charge in [0.1, 0.15) is 0 Å². The van der Waals surface area contributed by atoms with Crippen molar-refractivity contribution in [3.05, 3.63) is 59.1 Å². The Balaban J connectivity index is 1.61. The van der Waals surface area contributed by atoms with E-state index in [9.17, 15) is 13.2 Å². The molecule has 3 rings (SSSR count). The highest BCUT2D eigenvalue weighted by Gasteiger charge is 2.22. The van der Waals surface area contributed by atoms with E-state index in [2.05, 4.69) is 15.5 Å². The molecule has 1 heterocycles. The lowest BCUT2D eigenvalue weighted by Gasteiger charge is -2.18. The van der Waals surface area contributed by atoms with Crippen LogP contribution in [0.15, 0.2) is 63.1 Å². The number of thioether (sulfide) groups is 1. The number of nitrogens with zero attached hydrogens (tertiary/aromatic N) is 3. The summed E-state index contributed by atoms with van der Waals surface area (Å²) in [6, 6.07) is 13.6. The molecule has 11 heteroatoms. The molecule has 0 fully saturated rings. The van der Waals surface area contributed by atoms with Crippen LogP contribution in [-0.4, -0.2) is 47.7 Å². The first-order valence-corrected chi connectivity index (χ1v) is 12.7. The van der Waals surface area contributed by atoms with Crippen LogP contribution in [0.25, 0.3) is 11.5 Å². The van der Waals surface area contributed by atoms with E-state index in [0.717, 1.165) is 17.3 Å². The normalized spacial score (nSPS) is 11.6. The lowest BCUT2D eigenvalue weighted by Crippen LogP contribution is -2.30. The number of aromatic nitrogens is 2. The molecule has 170 valence electrons. The van der Waals surface area contributed by atoms with E-state index in [1.54, 1.807) is 38.1 Å². The molecule has 0 bridgehead atoms. The molecule has 0 aliphatic heterocycles. The Morgan fingerprint density at radius 3 is 2.53 bits per heavy atom. The number of benzene rings is 2. The van der Waals surface area contributed by atoms with Gasteiger partial charge in [-0.1, -0.05) is 55.4 Å². The van der Waals surface area contributed by atoms with Gasteiger partial charge in [0.15, 0.2) is 0 Å². The fourth-order valence-corrected chi connectivity index (χ4v) is 5.09. The standard InChI is InChI=1S/C21H23ClN4O4S2/c1-3-26(4-2)32(28,29)18-7-5-6-16(12-18)20-24-25-21(30-20)31-14-19(27)23-13-15-8-10-17(22)11-9-15/h5-12H,3-4,13-14H2,1-2H3,(H,23,27). The number of nitrogens with one attached hydrogen (secondary N) is 1. The van der Waals surface area contributed by atoms with Crippen LogP contribution in [0.2, 0.25) is 5.02 Å². The van der Waals surface area contributed by atoms with Gasteiger partial charge in [0.2, 0.25) is 21.8 Å². The number of halogens is 1. The maximum absolute atomic E-state index is 12.7. The second kappa shape index (κ2) is 11.0. The Hall–Kier alpha value is -2.40. The van der Waals surface area contributed by atoms with E-state index in [1.807, 2.05) is 12.1 Å². The average Bonchev–Trinajstić information content (AvgIpc) is 3.27. The van der Waals surface area contributed by atoms with Gasteiger partial charge in [-0.25, -0.2) is 8.42 Å². The molecular formula is C21H23ClN4O4S2. The molecule has 1 N–H and O–H groups in total. The molecule has 0 atom stereocenters. The van der Waals surface area contributed by atoms with E-state index in [0.29, 0.717) is 30.2 Å². The molecule has 0 saturated heterocycles. The number of amides is 1. The number of sulfonamides is 1. The van der Waals surface area contributed by atoms with E-state index in [4.69, 9.17) is 16.0 Å². The maximum atomic E-state index is 12.7. The van der Waals surface area contributed by atoms with Crippen LogP contribution < -0.4 is 5.32 Å². The zero-order chi connectivity index (χ0) is 23.1. The predicted molar refractivity (Wildman–Crippen MR) is 124 cm³/mol. The van der Waals surface area contributed by atoms with Crippen LogP contribution in [0.3, 0.4) is 0 Å². The first kappa shape index (κ1) is 24.2. The summed E-state index contributed by atoms with van der Waals surface area (Å²) in [4.78, 5) is 12.2. The SMILES string of the molecule is CCN(CC)S(=O)(=O)c1cccc(-c2nnc(SCC(=O)NCc3ccc(Cl)cc3)o2)c1. The van der Waals surface area contributed by atoms with Gasteiger partial charge in [0.05, 0.1) is 10.6 Å². The fraction of sp³-hybridized carbons (Fsp3) is 0.286. The van der Waals surface area contributed by atoms with Crippen LogP contribution in [-0.2, 0) is 21.4 Å². The summed E-state index contributed by atoms with van der Waals surface area (Å²) in [5.74, 6) is 0.105. The topological polar surface area (TPSA) is 105 Å². The molecule has 0 saturated carbocycles. The second-order valence-electron chi connectivity index (χ2n) is 6.68. The molecule has 0 aliphatic carbocycles.